The van der Waals surface area contributed by atoms with Crippen LogP contribution < -0.4 is 0 Å². The maximum absolute atomic E-state index is 12.9. The molecule has 0 aliphatic heterocycles. The molecule has 0 spiro atoms. The van der Waals surface area contributed by atoms with E-state index in [2.05, 4.69) is 31.9 Å². The highest BCUT2D eigenvalue weighted by molar-refractivity contribution is 9.09. The van der Waals surface area contributed by atoms with Crippen molar-refractivity contribution in [2.75, 3.05) is 0 Å². The second kappa shape index (κ2) is 6.87. The first-order valence-corrected chi connectivity index (χ1v) is 8.06. The zero-order chi connectivity index (χ0) is 13.8. The van der Waals surface area contributed by atoms with E-state index in [0.717, 1.165) is 17.0 Å². The van der Waals surface area contributed by atoms with Crippen molar-refractivity contribution in [3.8, 4) is 0 Å². The molecule has 2 atom stereocenters. The van der Waals surface area contributed by atoms with E-state index in [-0.39, 0.29) is 15.5 Å². The van der Waals surface area contributed by atoms with E-state index >= 15 is 0 Å². The van der Waals surface area contributed by atoms with Crippen LogP contribution in [-0.4, -0.2) is 0 Å². The SMILES string of the molecule is Fc1ccc(C(Br)CC(Br)c2ccc(Cl)cc2)cc1. The van der Waals surface area contributed by atoms with Gasteiger partial charge in [-0.25, -0.2) is 4.39 Å². The summed E-state index contributed by atoms with van der Waals surface area (Å²) in [6, 6.07) is 14.3. The normalized spacial score (nSPS) is 14.1. The zero-order valence-electron chi connectivity index (χ0n) is 9.99. The zero-order valence-corrected chi connectivity index (χ0v) is 13.9. The van der Waals surface area contributed by atoms with Crippen LogP contribution in [-0.2, 0) is 0 Å². The molecular formula is C15H12Br2ClF. The fraction of sp³-hybridized carbons (Fsp3) is 0.200. The molecule has 0 heterocycles. The van der Waals surface area contributed by atoms with E-state index in [9.17, 15) is 4.39 Å². The molecule has 4 heteroatoms. The van der Waals surface area contributed by atoms with E-state index in [4.69, 9.17) is 11.6 Å². The van der Waals surface area contributed by atoms with Crippen LogP contribution in [0.3, 0.4) is 0 Å². The van der Waals surface area contributed by atoms with E-state index in [0.29, 0.717) is 0 Å². The molecule has 0 fully saturated rings. The van der Waals surface area contributed by atoms with E-state index in [1.165, 1.54) is 17.7 Å². The van der Waals surface area contributed by atoms with E-state index in [1.807, 2.05) is 24.3 Å². The Labute approximate surface area is 134 Å². The highest BCUT2D eigenvalue weighted by Crippen LogP contribution is 2.37. The Hall–Kier alpha value is -0.380. The summed E-state index contributed by atoms with van der Waals surface area (Å²) in [5.41, 5.74) is 2.25. The van der Waals surface area contributed by atoms with Crippen LogP contribution in [0.25, 0.3) is 0 Å². The van der Waals surface area contributed by atoms with Gasteiger partial charge < -0.3 is 0 Å². The van der Waals surface area contributed by atoms with Crippen LogP contribution in [0.5, 0.6) is 0 Å². The Morgan fingerprint density at radius 2 is 1.26 bits per heavy atom. The minimum atomic E-state index is -0.212. The molecule has 2 aromatic carbocycles. The van der Waals surface area contributed by atoms with Gasteiger partial charge in [0.05, 0.1) is 0 Å². The minimum absolute atomic E-state index is 0.174. The molecule has 2 aromatic rings. The van der Waals surface area contributed by atoms with Gasteiger partial charge in [0.2, 0.25) is 0 Å². The van der Waals surface area contributed by atoms with Gasteiger partial charge in [0.15, 0.2) is 0 Å². The summed E-state index contributed by atoms with van der Waals surface area (Å²) in [4.78, 5) is 0.396. The molecule has 0 saturated heterocycles. The lowest BCUT2D eigenvalue weighted by Gasteiger charge is -2.15. The summed E-state index contributed by atoms with van der Waals surface area (Å²) >= 11 is 13.2. The van der Waals surface area contributed by atoms with Crippen molar-refractivity contribution in [3.63, 3.8) is 0 Å². The van der Waals surface area contributed by atoms with Crippen molar-refractivity contribution >= 4 is 43.5 Å². The molecule has 100 valence electrons. The number of rotatable bonds is 4. The molecule has 2 rings (SSSR count). The van der Waals surface area contributed by atoms with E-state index in [1.54, 1.807) is 12.1 Å². The maximum Gasteiger partial charge on any atom is 0.123 e. The van der Waals surface area contributed by atoms with Crippen molar-refractivity contribution in [1.82, 2.24) is 0 Å². The topological polar surface area (TPSA) is 0 Å². The number of alkyl halides is 2. The number of hydrogen-bond acceptors (Lipinski definition) is 0. The smallest absolute Gasteiger partial charge is 0.123 e. The van der Waals surface area contributed by atoms with Gasteiger partial charge in [0, 0.05) is 14.7 Å². The predicted octanol–water partition coefficient (Wildman–Crippen LogP) is 6.44. The summed E-state index contributed by atoms with van der Waals surface area (Å²) in [6.07, 6.45) is 0.868. The fourth-order valence-corrected chi connectivity index (χ4v) is 3.78. The Morgan fingerprint density at radius 3 is 1.74 bits per heavy atom. The highest BCUT2D eigenvalue weighted by Gasteiger charge is 2.15. The summed E-state index contributed by atoms with van der Waals surface area (Å²) in [5.74, 6) is -0.212. The second-order valence-electron chi connectivity index (χ2n) is 4.27. The fourth-order valence-electron chi connectivity index (χ4n) is 1.80. The Morgan fingerprint density at radius 1 is 0.842 bits per heavy atom. The molecule has 0 nitrogen and oxygen atoms in total. The van der Waals surface area contributed by atoms with Crippen molar-refractivity contribution in [2.45, 2.75) is 16.1 Å². The summed E-state index contributed by atoms with van der Waals surface area (Å²) in [5, 5.41) is 0.734. The van der Waals surface area contributed by atoms with Crippen LogP contribution in [0.4, 0.5) is 4.39 Å². The van der Waals surface area contributed by atoms with E-state index < -0.39 is 0 Å². The van der Waals surface area contributed by atoms with Crippen LogP contribution in [0, 0.1) is 5.82 Å². The standard InChI is InChI=1S/C15H12Br2ClF/c16-14(10-1-5-12(18)6-2-10)9-15(17)11-3-7-13(19)8-4-11/h1-8,14-15H,9H2. The largest absolute Gasteiger partial charge is 0.207 e. The average Bonchev–Trinajstić information content (AvgIpc) is 2.40. The van der Waals surface area contributed by atoms with Crippen molar-refractivity contribution in [1.29, 1.82) is 0 Å². The molecule has 19 heavy (non-hydrogen) atoms. The molecule has 2 unspecified atom stereocenters. The summed E-state index contributed by atoms with van der Waals surface area (Å²) in [7, 11) is 0. The maximum atomic E-state index is 12.9. The molecule has 0 aliphatic carbocycles. The quantitative estimate of drug-likeness (QED) is 0.513. The number of benzene rings is 2. The molecule has 0 saturated carbocycles. The van der Waals surface area contributed by atoms with Crippen molar-refractivity contribution in [3.05, 3.63) is 70.5 Å². The molecule has 0 aromatic heterocycles. The van der Waals surface area contributed by atoms with Gasteiger partial charge in [-0.05, 0) is 41.8 Å². The number of halogens is 4. The summed E-state index contributed by atoms with van der Waals surface area (Å²) in [6.45, 7) is 0. The highest BCUT2D eigenvalue weighted by atomic mass is 79.9. The van der Waals surface area contributed by atoms with Gasteiger partial charge in [0.1, 0.15) is 5.82 Å². The Balaban J connectivity index is 2.03. The van der Waals surface area contributed by atoms with Crippen LogP contribution in [0.1, 0.15) is 27.2 Å². The molecule has 0 amide bonds. The van der Waals surface area contributed by atoms with Gasteiger partial charge in [-0.2, -0.15) is 0 Å². The molecular weight excluding hydrogens is 394 g/mol. The second-order valence-corrected chi connectivity index (χ2v) is 6.92. The molecule has 0 bridgehead atoms. The Bertz CT molecular complexity index is 475. The monoisotopic (exact) mass is 404 g/mol. The first kappa shape index (κ1) is 15.0. The van der Waals surface area contributed by atoms with Crippen LogP contribution >= 0.6 is 43.5 Å². The first-order chi connectivity index (χ1) is 9.06. The minimum Gasteiger partial charge on any atom is -0.207 e. The lowest BCUT2D eigenvalue weighted by Crippen LogP contribution is -1.96. The average molecular weight is 407 g/mol. The first-order valence-electron chi connectivity index (χ1n) is 5.85. The van der Waals surface area contributed by atoms with Crippen LogP contribution in [0.2, 0.25) is 5.02 Å². The van der Waals surface area contributed by atoms with Gasteiger partial charge in [-0.1, -0.05) is 67.7 Å². The van der Waals surface area contributed by atoms with Gasteiger partial charge in [-0.15, -0.1) is 0 Å². The number of hydrogen-bond donors (Lipinski definition) is 0. The molecule has 0 radical (unpaired) electrons. The third-order valence-corrected chi connectivity index (χ3v) is 4.93. The molecule has 0 aliphatic rings. The predicted molar refractivity (Wildman–Crippen MR) is 85.8 cm³/mol. The third-order valence-electron chi connectivity index (χ3n) is 2.88. The van der Waals surface area contributed by atoms with Gasteiger partial charge in [0.25, 0.3) is 0 Å². The lowest BCUT2D eigenvalue weighted by atomic mass is 10.0. The van der Waals surface area contributed by atoms with Crippen molar-refractivity contribution in [2.24, 2.45) is 0 Å². The summed E-state index contributed by atoms with van der Waals surface area (Å²) < 4.78 is 12.9. The van der Waals surface area contributed by atoms with Gasteiger partial charge in [-0.3, -0.25) is 0 Å². The van der Waals surface area contributed by atoms with Gasteiger partial charge >= 0.3 is 0 Å². The molecule has 0 N–H and O–H groups in total. The van der Waals surface area contributed by atoms with Crippen LogP contribution in [0.15, 0.2) is 48.5 Å². The Kier molecular flexibility index (Phi) is 5.43. The lowest BCUT2D eigenvalue weighted by molar-refractivity contribution is 0.626. The van der Waals surface area contributed by atoms with Crippen molar-refractivity contribution < 1.29 is 4.39 Å². The third kappa shape index (κ3) is 4.30.